The Morgan fingerprint density at radius 1 is 0.917 bits per heavy atom. The molecule has 2 aliphatic rings. The maximum Gasteiger partial charge on any atom is 0.226 e. The van der Waals surface area contributed by atoms with Crippen molar-refractivity contribution < 1.29 is 4.79 Å². The highest BCUT2D eigenvalue weighted by Gasteiger charge is 2.46. The van der Waals surface area contributed by atoms with Crippen molar-refractivity contribution in [1.82, 2.24) is 4.90 Å². The van der Waals surface area contributed by atoms with Gasteiger partial charge in [-0.25, -0.2) is 0 Å². The van der Waals surface area contributed by atoms with Crippen LogP contribution in [-0.4, -0.2) is 37.0 Å². The number of hydrogen-bond acceptors (Lipinski definition) is 2. The van der Waals surface area contributed by atoms with Gasteiger partial charge in [-0.3, -0.25) is 4.79 Å². The zero-order chi connectivity index (χ0) is 16.5. The fourth-order valence-electron chi connectivity index (χ4n) is 3.60. The highest BCUT2D eigenvalue weighted by Crippen LogP contribution is 2.48. The minimum atomic E-state index is 0.189. The van der Waals surface area contributed by atoms with Crippen molar-refractivity contribution in [2.45, 2.75) is 12.3 Å². The van der Waals surface area contributed by atoms with Crippen LogP contribution in [-0.2, 0) is 4.79 Å². The maximum atomic E-state index is 12.8. The molecular formula is C20H21BrN2O. The van der Waals surface area contributed by atoms with E-state index < -0.39 is 0 Å². The smallest absolute Gasteiger partial charge is 0.226 e. The van der Waals surface area contributed by atoms with Gasteiger partial charge in [0.25, 0.3) is 0 Å². The molecule has 0 radical (unpaired) electrons. The summed E-state index contributed by atoms with van der Waals surface area (Å²) in [6, 6.07) is 18.9. The number of carbonyl (C=O) groups is 1. The summed E-state index contributed by atoms with van der Waals surface area (Å²) < 4.78 is 1.09. The Hall–Kier alpha value is -1.81. The first kappa shape index (κ1) is 15.7. The first-order valence-electron chi connectivity index (χ1n) is 8.56. The van der Waals surface area contributed by atoms with Gasteiger partial charge in [-0.1, -0.05) is 46.3 Å². The van der Waals surface area contributed by atoms with Crippen LogP contribution < -0.4 is 4.90 Å². The van der Waals surface area contributed by atoms with Gasteiger partial charge in [0.2, 0.25) is 5.91 Å². The molecule has 1 aliphatic carbocycles. The molecule has 1 heterocycles. The number of benzene rings is 2. The average molecular weight is 385 g/mol. The molecule has 0 N–H and O–H groups in total. The van der Waals surface area contributed by atoms with Crippen molar-refractivity contribution in [2.75, 3.05) is 31.1 Å². The molecule has 2 aromatic rings. The molecule has 1 amide bonds. The van der Waals surface area contributed by atoms with E-state index >= 15 is 0 Å². The summed E-state index contributed by atoms with van der Waals surface area (Å²) in [5.41, 5.74) is 2.54. The van der Waals surface area contributed by atoms with E-state index in [1.165, 1.54) is 11.3 Å². The van der Waals surface area contributed by atoms with Gasteiger partial charge in [0.15, 0.2) is 0 Å². The van der Waals surface area contributed by atoms with Crippen molar-refractivity contribution in [3.8, 4) is 0 Å². The minimum Gasteiger partial charge on any atom is -0.368 e. The van der Waals surface area contributed by atoms with E-state index in [4.69, 9.17) is 0 Å². The predicted molar refractivity (Wildman–Crippen MR) is 100 cm³/mol. The Morgan fingerprint density at radius 2 is 1.58 bits per heavy atom. The molecule has 1 saturated carbocycles. The zero-order valence-corrected chi connectivity index (χ0v) is 15.2. The summed E-state index contributed by atoms with van der Waals surface area (Å²) in [7, 11) is 0. The quantitative estimate of drug-likeness (QED) is 0.800. The third kappa shape index (κ3) is 3.20. The number of carbonyl (C=O) groups excluding carboxylic acids is 1. The molecule has 1 aliphatic heterocycles. The van der Waals surface area contributed by atoms with Gasteiger partial charge in [0.05, 0.1) is 0 Å². The van der Waals surface area contributed by atoms with Crippen LogP contribution in [0.3, 0.4) is 0 Å². The summed E-state index contributed by atoms with van der Waals surface area (Å²) in [5.74, 6) is 0.947. The van der Waals surface area contributed by atoms with Crippen LogP contribution in [0.4, 0.5) is 5.69 Å². The van der Waals surface area contributed by atoms with E-state index in [1.54, 1.807) is 0 Å². The second kappa shape index (κ2) is 6.60. The molecule has 4 rings (SSSR count). The molecule has 124 valence electrons. The molecule has 0 aromatic heterocycles. The molecular weight excluding hydrogens is 364 g/mol. The number of amides is 1. The van der Waals surface area contributed by atoms with Crippen molar-refractivity contribution in [2.24, 2.45) is 5.92 Å². The molecule has 0 spiro atoms. The second-order valence-electron chi connectivity index (χ2n) is 6.65. The average Bonchev–Trinajstić information content (AvgIpc) is 3.43. The molecule has 1 saturated heterocycles. The first-order chi connectivity index (χ1) is 11.7. The van der Waals surface area contributed by atoms with Crippen molar-refractivity contribution in [3.63, 3.8) is 0 Å². The van der Waals surface area contributed by atoms with Crippen LogP contribution in [0, 0.1) is 5.92 Å². The Kier molecular flexibility index (Phi) is 4.31. The third-order valence-electron chi connectivity index (χ3n) is 5.12. The number of piperazine rings is 1. The van der Waals surface area contributed by atoms with E-state index in [0.29, 0.717) is 11.8 Å². The SMILES string of the molecule is O=C(C1CC1c1ccc(Br)cc1)N1CCN(c2ccccc2)CC1. The first-order valence-corrected chi connectivity index (χ1v) is 9.36. The number of hydrogen-bond donors (Lipinski definition) is 0. The number of halogens is 1. The van der Waals surface area contributed by atoms with Crippen LogP contribution in [0.2, 0.25) is 0 Å². The van der Waals surface area contributed by atoms with Gasteiger partial charge >= 0.3 is 0 Å². The standard InChI is InChI=1S/C20H21BrN2O/c21-16-8-6-15(7-9-16)18-14-19(18)20(24)23-12-10-22(11-13-23)17-4-2-1-3-5-17/h1-9,18-19H,10-14H2. The van der Waals surface area contributed by atoms with E-state index in [2.05, 4.69) is 74.3 Å². The number of para-hydroxylation sites is 1. The summed E-state index contributed by atoms with van der Waals surface area (Å²) >= 11 is 3.47. The van der Waals surface area contributed by atoms with Gasteiger partial charge in [-0.2, -0.15) is 0 Å². The molecule has 4 heteroatoms. The Morgan fingerprint density at radius 3 is 2.25 bits per heavy atom. The van der Waals surface area contributed by atoms with Crippen LogP contribution in [0.5, 0.6) is 0 Å². The lowest BCUT2D eigenvalue weighted by molar-refractivity contribution is -0.132. The fourth-order valence-corrected chi connectivity index (χ4v) is 3.87. The van der Waals surface area contributed by atoms with Crippen LogP contribution >= 0.6 is 15.9 Å². The lowest BCUT2D eigenvalue weighted by Gasteiger charge is -2.36. The van der Waals surface area contributed by atoms with Gasteiger partial charge < -0.3 is 9.80 Å². The lowest BCUT2D eigenvalue weighted by atomic mass is 10.1. The van der Waals surface area contributed by atoms with Gasteiger partial charge in [0, 0.05) is 42.3 Å². The summed E-state index contributed by atoms with van der Waals surface area (Å²) in [6.07, 6.45) is 0.999. The topological polar surface area (TPSA) is 23.6 Å². The van der Waals surface area contributed by atoms with Crippen molar-refractivity contribution in [1.29, 1.82) is 0 Å². The van der Waals surface area contributed by atoms with Crippen LogP contribution in [0.15, 0.2) is 59.1 Å². The van der Waals surface area contributed by atoms with Gasteiger partial charge in [0.1, 0.15) is 0 Å². The minimum absolute atomic E-state index is 0.189. The number of rotatable bonds is 3. The van der Waals surface area contributed by atoms with E-state index in [1.807, 2.05) is 6.07 Å². The predicted octanol–water partition coefficient (Wildman–Crippen LogP) is 3.90. The Bertz CT molecular complexity index is 708. The van der Waals surface area contributed by atoms with Crippen molar-refractivity contribution in [3.05, 3.63) is 64.6 Å². The monoisotopic (exact) mass is 384 g/mol. The lowest BCUT2D eigenvalue weighted by Crippen LogP contribution is -2.49. The van der Waals surface area contributed by atoms with Gasteiger partial charge in [-0.15, -0.1) is 0 Å². The van der Waals surface area contributed by atoms with Gasteiger partial charge in [-0.05, 0) is 42.2 Å². The van der Waals surface area contributed by atoms with Crippen LogP contribution in [0.25, 0.3) is 0 Å². The molecule has 24 heavy (non-hydrogen) atoms. The maximum absolute atomic E-state index is 12.8. The molecule has 2 aromatic carbocycles. The molecule has 2 fully saturated rings. The summed E-state index contributed by atoms with van der Waals surface area (Å²) in [4.78, 5) is 17.2. The number of nitrogens with zero attached hydrogens (tertiary/aromatic N) is 2. The zero-order valence-electron chi connectivity index (χ0n) is 13.6. The Balaban J connectivity index is 1.33. The molecule has 3 nitrogen and oxygen atoms in total. The third-order valence-corrected chi connectivity index (χ3v) is 5.65. The largest absolute Gasteiger partial charge is 0.368 e. The highest BCUT2D eigenvalue weighted by molar-refractivity contribution is 9.10. The van der Waals surface area contributed by atoms with E-state index in [9.17, 15) is 4.79 Å². The number of anilines is 1. The second-order valence-corrected chi connectivity index (χ2v) is 7.56. The molecule has 2 atom stereocenters. The fraction of sp³-hybridized carbons (Fsp3) is 0.350. The van der Waals surface area contributed by atoms with Crippen molar-refractivity contribution >= 4 is 27.5 Å². The van der Waals surface area contributed by atoms with E-state index in [0.717, 1.165) is 37.1 Å². The Labute approximate surface area is 151 Å². The normalized spacial score (nSPS) is 23.2. The summed E-state index contributed by atoms with van der Waals surface area (Å²) in [5, 5.41) is 0. The van der Waals surface area contributed by atoms with Crippen LogP contribution in [0.1, 0.15) is 17.9 Å². The molecule has 2 unspecified atom stereocenters. The van der Waals surface area contributed by atoms with E-state index in [-0.39, 0.29) is 5.92 Å². The molecule has 0 bridgehead atoms. The summed E-state index contributed by atoms with van der Waals surface area (Å²) in [6.45, 7) is 3.51. The highest BCUT2D eigenvalue weighted by atomic mass is 79.9.